The maximum absolute atomic E-state index is 12.1. The molecule has 0 aliphatic rings. The minimum Gasteiger partial charge on any atom is -0.355 e. The summed E-state index contributed by atoms with van der Waals surface area (Å²) < 4.78 is 1.81. The van der Waals surface area contributed by atoms with E-state index < -0.39 is 0 Å². The molecule has 3 rings (SSSR count). The van der Waals surface area contributed by atoms with Gasteiger partial charge in [0.2, 0.25) is 0 Å². The number of carbonyl (C=O) groups is 1. The SMILES string of the molecule is CCn1nccc1Nc1cc(Nc2ccc(Cl)cc2C(=O)NC)c(Cl)cn1. The first-order valence-electron chi connectivity index (χ1n) is 8.25. The van der Waals surface area contributed by atoms with Gasteiger partial charge in [-0.05, 0) is 25.1 Å². The molecule has 140 valence electrons. The second-order valence-electron chi connectivity index (χ2n) is 5.60. The normalized spacial score (nSPS) is 10.5. The molecular weight excluding hydrogens is 387 g/mol. The van der Waals surface area contributed by atoms with Crippen LogP contribution in [0.3, 0.4) is 0 Å². The van der Waals surface area contributed by atoms with E-state index in [1.807, 2.05) is 17.7 Å². The molecule has 0 aliphatic heterocycles. The molecule has 0 saturated carbocycles. The van der Waals surface area contributed by atoms with Gasteiger partial charge in [-0.25, -0.2) is 9.67 Å². The second kappa shape index (κ2) is 8.28. The fraction of sp³-hybridized carbons (Fsp3) is 0.167. The Morgan fingerprint density at radius 3 is 2.70 bits per heavy atom. The smallest absolute Gasteiger partial charge is 0.253 e. The lowest BCUT2D eigenvalue weighted by Gasteiger charge is -2.14. The van der Waals surface area contributed by atoms with Crippen molar-refractivity contribution in [2.75, 3.05) is 17.7 Å². The lowest BCUT2D eigenvalue weighted by molar-refractivity contribution is 0.0964. The van der Waals surface area contributed by atoms with Gasteiger partial charge >= 0.3 is 0 Å². The highest BCUT2D eigenvalue weighted by Crippen LogP contribution is 2.30. The van der Waals surface area contributed by atoms with Crippen LogP contribution in [-0.4, -0.2) is 27.7 Å². The third-order valence-corrected chi connectivity index (χ3v) is 4.39. The number of aryl methyl sites for hydroxylation is 1. The zero-order valence-electron chi connectivity index (χ0n) is 14.8. The van der Waals surface area contributed by atoms with Crippen molar-refractivity contribution in [3.05, 3.63) is 58.3 Å². The Morgan fingerprint density at radius 1 is 1.15 bits per heavy atom. The third kappa shape index (κ3) is 4.32. The number of halogens is 2. The number of hydrogen-bond donors (Lipinski definition) is 3. The van der Waals surface area contributed by atoms with Crippen molar-refractivity contribution in [2.45, 2.75) is 13.5 Å². The molecule has 2 heterocycles. The van der Waals surface area contributed by atoms with Gasteiger partial charge in [0, 0.05) is 30.7 Å². The van der Waals surface area contributed by atoms with Crippen LogP contribution in [0.5, 0.6) is 0 Å². The molecule has 0 spiro atoms. The Hall–Kier alpha value is -2.77. The number of anilines is 4. The number of rotatable bonds is 6. The predicted octanol–water partition coefficient (Wildman–Crippen LogP) is 4.45. The van der Waals surface area contributed by atoms with E-state index in [1.165, 1.54) is 6.20 Å². The van der Waals surface area contributed by atoms with Crippen LogP contribution >= 0.6 is 23.2 Å². The largest absolute Gasteiger partial charge is 0.355 e. The minimum absolute atomic E-state index is 0.254. The molecule has 7 nitrogen and oxygen atoms in total. The van der Waals surface area contributed by atoms with E-state index in [9.17, 15) is 4.79 Å². The van der Waals surface area contributed by atoms with Crippen LogP contribution in [0.15, 0.2) is 42.7 Å². The molecule has 0 radical (unpaired) electrons. The molecule has 0 atom stereocenters. The number of benzene rings is 1. The Balaban J connectivity index is 1.91. The van der Waals surface area contributed by atoms with E-state index in [0.29, 0.717) is 32.8 Å². The standard InChI is InChI=1S/C18H18Cl2N6O/c1-3-26-17(6-7-23-26)25-16-9-15(13(20)10-22-16)24-14-5-4-11(19)8-12(14)18(27)21-2/h4-10H,3H2,1-2H3,(H,21,27)(H2,22,24,25). The summed E-state index contributed by atoms with van der Waals surface area (Å²) in [6.07, 6.45) is 3.25. The molecule has 9 heteroatoms. The van der Waals surface area contributed by atoms with Gasteiger partial charge in [0.15, 0.2) is 0 Å². The van der Waals surface area contributed by atoms with Crippen LogP contribution in [0, 0.1) is 0 Å². The fourth-order valence-corrected chi connectivity index (χ4v) is 2.84. The lowest BCUT2D eigenvalue weighted by atomic mass is 10.1. The van der Waals surface area contributed by atoms with Crippen LogP contribution in [0.2, 0.25) is 10.0 Å². The van der Waals surface area contributed by atoms with Crippen LogP contribution in [-0.2, 0) is 6.54 Å². The first-order valence-corrected chi connectivity index (χ1v) is 9.00. The second-order valence-corrected chi connectivity index (χ2v) is 6.44. The van der Waals surface area contributed by atoms with Gasteiger partial charge in [-0.15, -0.1) is 0 Å². The monoisotopic (exact) mass is 404 g/mol. The number of nitrogens with zero attached hydrogens (tertiary/aromatic N) is 3. The summed E-state index contributed by atoms with van der Waals surface area (Å²) >= 11 is 12.3. The van der Waals surface area contributed by atoms with E-state index in [-0.39, 0.29) is 5.91 Å². The summed E-state index contributed by atoms with van der Waals surface area (Å²) in [4.78, 5) is 16.4. The molecular formula is C18H18Cl2N6O. The molecule has 0 fully saturated rings. The Bertz CT molecular complexity index is 972. The van der Waals surface area contributed by atoms with Gasteiger partial charge in [-0.1, -0.05) is 23.2 Å². The van der Waals surface area contributed by atoms with E-state index >= 15 is 0 Å². The van der Waals surface area contributed by atoms with E-state index in [4.69, 9.17) is 23.2 Å². The zero-order valence-corrected chi connectivity index (χ0v) is 16.3. The maximum atomic E-state index is 12.1. The lowest BCUT2D eigenvalue weighted by Crippen LogP contribution is -2.19. The summed E-state index contributed by atoms with van der Waals surface area (Å²) in [5.74, 6) is 1.15. The highest BCUT2D eigenvalue weighted by atomic mass is 35.5. The zero-order chi connectivity index (χ0) is 19.4. The van der Waals surface area contributed by atoms with Gasteiger partial charge in [0.25, 0.3) is 5.91 Å². The Labute approximate surface area is 166 Å². The van der Waals surface area contributed by atoms with Crippen molar-refractivity contribution >= 4 is 52.1 Å². The first-order chi connectivity index (χ1) is 13.0. The van der Waals surface area contributed by atoms with Crippen LogP contribution in [0.4, 0.5) is 23.0 Å². The quantitative estimate of drug-likeness (QED) is 0.564. The molecule has 1 amide bonds. The highest BCUT2D eigenvalue weighted by molar-refractivity contribution is 6.33. The number of pyridine rings is 1. The van der Waals surface area contributed by atoms with Gasteiger partial charge < -0.3 is 16.0 Å². The molecule has 27 heavy (non-hydrogen) atoms. The van der Waals surface area contributed by atoms with Gasteiger partial charge in [-0.2, -0.15) is 5.10 Å². The van der Waals surface area contributed by atoms with Crippen molar-refractivity contribution in [1.82, 2.24) is 20.1 Å². The van der Waals surface area contributed by atoms with Crippen molar-refractivity contribution < 1.29 is 4.79 Å². The predicted molar refractivity (Wildman–Crippen MR) is 109 cm³/mol. The van der Waals surface area contributed by atoms with E-state index in [0.717, 1.165) is 12.4 Å². The summed E-state index contributed by atoms with van der Waals surface area (Å²) in [5, 5.41) is 14.1. The van der Waals surface area contributed by atoms with E-state index in [1.54, 1.807) is 37.5 Å². The number of amides is 1. The maximum Gasteiger partial charge on any atom is 0.253 e. The van der Waals surface area contributed by atoms with Crippen molar-refractivity contribution in [3.8, 4) is 0 Å². The number of nitrogens with one attached hydrogen (secondary N) is 3. The molecule has 1 aromatic carbocycles. The number of aromatic nitrogens is 3. The average molecular weight is 405 g/mol. The van der Waals surface area contributed by atoms with Crippen LogP contribution in [0.25, 0.3) is 0 Å². The summed E-state index contributed by atoms with van der Waals surface area (Å²) in [6.45, 7) is 2.73. The number of hydrogen-bond acceptors (Lipinski definition) is 5. The highest BCUT2D eigenvalue weighted by Gasteiger charge is 2.13. The fourth-order valence-electron chi connectivity index (χ4n) is 2.52. The number of carbonyl (C=O) groups excluding carboxylic acids is 1. The van der Waals surface area contributed by atoms with Crippen molar-refractivity contribution in [1.29, 1.82) is 0 Å². The molecule has 3 aromatic rings. The average Bonchev–Trinajstić information content (AvgIpc) is 3.12. The molecule has 2 aromatic heterocycles. The van der Waals surface area contributed by atoms with E-state index in [2.05, 4.69) is 26.0 Å². The Morgan fingerprint density at radius 2 is 1.96 bits per heavy atom. The minimum atomic E-state index is -0.254. The van der Waals surface area contributed by atoms with Crippen molar-refractivity contribution in [3.63, 3.8) is 0 Å². The van der Waals surface area contributed by atoms with Crippen LogP contribution < -0.4 is 16.0 Å². The molecule has 3 N–H and O–H groups in total. The molecule has 0 aliphatic carbocycles. The molecule has 0 unspecified atom stereocenters. The topological polar surface area (TPSA) is 83.9 Å². The van der Waals surface area contributed by atoms with Crippen molar-refractivity contribution in [2.24, 2.45) is 0 Å². The van der Waals surface area contributed by atoms with Gasteiger partial charge in [-0.3, -0.25) is 4.79 Å². The molecule has 0 bridgehead atoms. The van der Waals surface area contributed by atoms with Gasteiger partial charge in [0.05, 0.1) is 34.4 Å². The van der Waals surface area contributed by atoms with Gasteiger partial charge in [0.1, 0.15) is 11.6 Å². The Kier molecular flexibility index (Phi) is 5.83. The third-order valence-electron chi connectivity index (χ3n) is 3.85. The summed E-state index contributed by atoms with van der Waals surface area (Å²) in [5.41, 5.74) is 1.59. The summed E-state index contributed by atoms with van der Waals surface area (Å²) in [7, 11) is 1.56. The van der Waals surface area contributed by atoms with Crippen LogP contribution in [0.1, 0.15) is 17.3 Å². The summed E-state index contributed by atoms with van der Waals surface area (Å²) in [6, 6.07) is 8.64. The molecule has 0 saturated heterocycles. The first kappa shape index (κ1) is 19.0.